The summed E-state index contributed by atoms with van der Waals surface area (Å²) in [6, 6.07) is 0. The van der Waals surface area contributed by atoms with Crippen molar-refractivity contribution in [3.05, 3.63) is 0 Å². The molecule has 3 N–H and O–H groups in total. The summed E-state index contributed by atoms with van der Waals surface area (Å²) < 4.78 is 27.0. The van der Waals surface area contributed by atoms with Crippen molar-refractivity contribution in [3.63, 3.8) is 0 Å². The fourth-order valence-electron chi connectivity index (χ4n) is 1.19. The first-order valence-electron chi connectivity index (χ1n) is 5.33. The van der Waals surface area contributed by atoms with Gasteiger partial charge in [-0.2, -0.15) is 8.42 Å². The molecule has 0 heterocycles. The molecule has 1 atom stereocenters. The van der Waals surface area contributed by atoms with Gasteiger partial charge in [-0.15, -0.1) is 0 Å². The van der Waals surface area contributed by atoms with Gasteiger partial charge in [-0.25, -0.2) is 9.44 Å². The highest BCUT2D eigenvalue weighted by atomic mass is 32.2. The highest BCUT2D eigenvalue weighted by Gasteiger charge is 2.09. The smallest absolute Gasteiger partial charge is 0.303 e. The Kier molecular flexibility index (Phi) is 7.27. The zero-order chi connectivity index (χ0) is 12.6. The lowest BCUT2D eigenvalue weighted by Gasteiger charge is -2.11. The highest BCUT2D eigenvalue weighted by molar-refractivity contribution is 7.87. The lowest BCUT2D eigenvalue weighted by Crippen LogP contribution is -2.37. The van der Waals surface area contributed by atoms with Crippen molar-refractivity contribution in [1.29, 1.82) is 0 Å². The number of aliphatic carboxylic acids is 1. The van der Waals surface area contributed by atoms with E-state index in [0.29, 0.717) is 25.9 Å². The molecule has 1 unspecified atom stereocenters. The molecular formula is C9H20N2O4S. The van der Waals surface area contributed by atoms with Crippen LogP contribution in [0.5, 0.6) is 0 Å². The van der Waals surface area contributed by atoms with Crippen LogP contribution in [0.1, 0.15) is 33.1 Å². The lowest BCUT2D eigenvalue weighted by molar-refractivity contribution is -0.137. The van der Waals surface area contributed by atoms with Crippen LogP contribution in [0.3, 0.4) is 0 Å². The molecule has 0 spiro atoms. The Labute approximate surface area is 96.6 Å². The topological polar surface area (TPSA) is 95.5 Å². The van der Waals surface area contributed by atoms with Gasteiger partial charge in [0.15, 0.2) is 0 Å². The van der Waals surface area contributed by atoms with E-state index in [1.165, 1.54) is 0 Å². The average Bonchev–Trinajstić information content (AvgIpc) is 2.14. The zero-order valence-electron chi connectivity index (χ0n) is 9.69. The fourth-order valence-corrected chi connectivity index (χ4v) is 2.06. The van der Waals surface area contributed by atoms with Crippen LogP contribution in [0, 0.1) is 5.92 Å². The van der Waals surface area contributed by atoms with Gasteiger partial charge in [-0.3, -0.25) is 4.79 Å². The van der Waals surface area contributed by atoms with Crippen molar-refractivity contribution in [2.45, 2.75) is 33.1 Å². The Hall–Kier alpha value is -0.660. The van der Waals surface area contributed by atoms with Crippen molar-refractivity contribution in [3.8, 4) is 0 Å². The summed E-state index contributed by atoms with van der Waals surface area (Å²) in [6.07, 6.45) is 1.33. The minimum atomic E-state index is -3.37. The molecule has 0 aliphatic rings. The van der Waals surface area contributed by atoms with Crippen LogP contribution in [0.2, 0.25) is 0 Å². The van der Waals surface area contributed by atoms with Crippen LogP contribution in [0.25, 0.3) is 0 Å². The number of nitrogens with one attached hydrogen (secondary N) is 2. The normalized spacial score (nSPS) is 13.6. The molecule has 0 aliphatic carbocycles. The monoisotopic (exact) mass is 252 g/mol. The predicted molar refractivity (Wildman–Crippen MR) is 61.3 cm³/mol. The van der Waals surface area contributed by atoms with E-state index in [0.717, 1.165) is 0 Å². The number of rotatable bonds is 9. The van der Waals surface area contributed by atoms with Crippen LogP contribution >= 0.6 is 0 Å². The SMILES string of the molecule is CCNS(=O)(=O)NCCC(C)CCC(=O)O. The Morgan fingerprint density at radius 1 is 1.31 bits per heavy atom. The molecule has 96 valence electrons. The first-order valence-corrected chi connectivity index (χ1v) is 6.81. The maximum atomic E-state index is 11.2. The molecule has 7 heteroatoms. The molecule has 0 bridgehead atoms. The third-order valence-electron chi connectivity index (χ3n) is 2.11. The van der Waals surface area contributed by atoms with Crippen LogP contribution in [0.4, 0.5) is 0 Å². The molecule has 0 radical (unpaired) electrons. The van der Waals surface area contributed by atoms with E-state index in [9.17, 15) is 13.2 Å². The molecule has 16 heavy (non-hydrogen) atoms. The molecule has 0 saturated carbocycles. The zero-order valence-corrected chi connectivity index (χ0v) is 10.5. The van der Waals surface area contributed by atoms with E-state index in [1.807, 2.05) is 6.92 Å². The van der Waals surface area contributed by atoms with Crippen molar-refractivity contribution < 1.29 is 18.3 Å². The molecular weight excluding hydrogens is 232 g/mol. The maximum Gasteiger partial charge on any atom is 0.303 e. The van der Waals surface area contributed by atoms with E-state index >= 15 is 0 Å². The molecule has 0 rings (SSSR count). The molecule has 0 aromatic heterocycles. The first-order chi connectivity index (χ1) is 7.37. The van der Waals surface area contributed by atoms with Gasteiger partial charge in [0.1, 0.15) is 0 Å². The van der Waals surface area contributed by atoms with Gasteiger partial charge >= 0.3 is 5.97 Å². The number of carbonyl (C=O) groups is 1. The van der Waals surface area contributed by atoms with Gasteiger partial charge in [0.25, 0.3) is 10.2 Å². The fraction of sp³-hybridized carbons (Fsp3) is 0.889. The third-order valence-corrected chi connectivity index (χ3v) is 3.37. The Morgan fingerprint density at radius 2 is 1.94 bits per heavy atom. The number of carboxylic acids is 1. The summed E-state index contributed by atoms with van der Waals surface area (Å²) in [5, 5.41) is 8.47. The summed E-state index contributed by atoms with van der Waals surface area (Å²) in [4.78, 5) is 10.3. The highest BCUT2D eigenvalue weighted by Crippen LogP contribution is 2.09. The van der Waals surface area contributed by atoms with E-state index < -0.39 is 16.2 Å². The Balaban J connectivity index is 3.69. The van der Waals surface area contributed by atoms with Gasteiger partial charge in [0.2, 0.25) is 0 Å². The molecule has 0 aliphatic heterocycles. The van der Waals surface area contributed by atoms with Gasteiger partial charge in [0, 0.05) is 19.5 Å². The largest absolute Gasteiger partial charge is 0.481 e. The Bertz CT molecular complexity index is 303. The maximum absolute atomic E-state index is 11.2. The summed E-state index contributed by atoms with van der Waals surface area (Å²) in [5.74, 6) is -0.625. The minimum Gasteiger partial charge on any atom is -0.481 e. The summed E-state index contributed by atoms with van der Waals surface area (Å²) in [6.45, 7) is 4.29. The van der Waals surface area contributed by atoms with Crippen molar-refractivity contribution in [2.24, 2.45) is 5.92 Å². The summed E-state index contributed by atoms with van der Waals surface area (Å²) in [7, 11) is -3.37. The molecule has 0 aromatic rings. The van der Waals surface area contributed by atoms with Crippen LogP contribution < -0.4 is 9.44 Å². The van der Waals surface area contributed by atoms with E-state index in [4.69, 9.17) is 5.11 Å². The van der Waals surface area contributed by atoms with Crippen LogP contribution in [0.15, 0.2) is 0 Å². The van der Waals surface area contributed by atoms with Gasteiger partial charge < -0.3 is 5.11 Å². The Morgan fingerprint density at radius 3 is 2.44 bits per heavy atom. The van der Waals surface area contributed by atoms with Gasteiger partial charge in [0.05, 0.1) is 0 Å². The second kappa shape index (κ2) is 7.59. The number of hydrogen-bond acceptors (Lipinski definition) is 3. The summed E-state index contributed by atoms with van der Waals surface area (Å²) in [5.41, 5.74) is 0. The number of carboxylic acid groups (broad SMARTS) is 1. The standard InChI is InChI=1S/C9H20N2O4S/c1-3-10-16(14,15)11-7-6-8(2)4-5-9(12)13/h8,10-11H,3-7H2,1-2H3,(H,12,13). The minimum absolute atomic E-state index is 0.126. The third kappa shape index (κ3) is 8.63. The second-order valence-electron chi connectivity index (χ2n) is 3.72. The van der Waals surface area contributed by atoms with E-state index in [-0.39, 0.29) is 12.3 Å². The summed E-state index contributed by atoms with van der Waals surface area (Å²) >= 11 is 0. The molecule has 0 saturated heterocycles. The lowest BCUT2D eigenvalue weighted by atomic mass is 10.0. The molecule has 6 nitrogen and oxygen atoms in total. The second-order valence-corrected chi connectivity index (χ2v) is 5.31. The van der Waals surface area contributed by atoms with Crippen LogP contribution in [-0.2, 0) is 15.0 Å². The van der Waals surface area contributed by atoms with Crippen molar-refractivity contribution in [1.82, 2.24) is 9.44 Å². The van der Waals surface area contributed by atoms with E-state index in [2.05, 4.69) is 9.44 Å². The van der Waals surface area contributed by atoms with Crippen LogP contribution in [-0.4, -0.2) is 32.6 Å². The number of hydrogen-bond donors (Lipinski definition) is 3. The average molecular weight is 252 g/mol. The van der Waals surface area contributed by atoms with Crippen molar-refractivity contribution in [2.75, 3.05) is 13.1 Å². The molecule has 0 amide bonds. The van der Waals surface area contributed by atoms with Gasteiger partial charge in [-0.05, 0) is 18.8 Å². The molecule has 0 aromatic carbocycles. The quantitative estimate of drug-likeness (QED) is 0.550. The van der Waals surface area contributed by atoms with Crippen molar-refractivity contribution >= 4 is 16.2 Å². The van der Waals surface area contributed by atoms with E-state index in [1.54, 1.807) is 6.92 Å². The van der Waals surface area contributed by atoms with Gasteiger partial charge in [-0.1, -0.05) is 13.8 Å². The molecule has 0 fully saturated rings. The predicted octanol–water partition coefficient (Wildman–Crippen LogP) is 0.321. The first kappa shape index (κ1) is 15.3.